The van der Waals surface area contributed by atoms with E-state index in [4.69, 9.17) is 24.9 Å². The third-order valence-electron chi connectivity index (χ3n) is 6.31. The van der Waals surface area contributed by atoms with Crippen molar-refractivity contribution in [3.8, 4) is 5.75 Å². The zero-order valence-electron chi connectivity index (χ0n) is 22.9. The van der Waals surface area contributed by atoms with Crippen molar-refractivity contribution in [3.63, 3.8) is 0 Å². The van der Waals surface area contributed by atoms with Crippen molar-refractivity contribution in [2.75, 3.05) is 26.4 Å². The number of likely N-dealkylation sites (N-methyl/N-ethyl adjacent to an activating group) is 1. The van der Waals surface area contributed by atoms with Gasteiger partial charge in [0.2, 0.25) is 5.91 Å². The summed E-state index contributed by atoms with van der Waals surface area (Å²) in [7, 11) is -0.800. The number of carboxylic acids is 1. The fraction of sp³-hybridized carbons (Fsp3) is 0.259. The lowest BCUT2D eigenvalue weighted by Gasteiger charge is -2.17. The van der Waals surface area contributed by atoms with Crippen LogP contribution in [0.1, 0.15) is 12.0 Å². The van der Waals surface area contributed by atoms with E-state index in [2.05, 4.69) is 15.3 Å². The van der Waals surface area contributed by atoms with Crippen LogP contribution >= 0.6 is 0 Å². The van der Waals surface area contributed by atoms with Gasteiger partial charge in [-0.05, 0) is 66.2 Å². The number of benzene rings is 3. The molecule has 4 aromatic rings. The first kappa shape index (κ1) is 33.0. The van der Waals surface area contributed by atoms with Crippen LogP contribution in [0.4, 0.5) is 19.0 Å². The van der Waals surface area contributed by atoms with Gasteiger partial charge in [-0.15, -0.1) is 0 Å². The minimum Gasteiger partial charge on any atom is -0.497 e. The number of halogens is 3. The zero-order chi connectivity index (χ0) is 31.9. The summed E-state index contributed by atoms with van der Waals surface area (Å²) in [5.41, 5.74) is 7.73. The number of nitrogens with two attached hydrogens (primary N) is 1. The highest BCUT2D eigenvalue weighted by Gasteiger charge is 2.38. The van der Waals surface area contributed by atoms with Crippen molar-refractivity contribution in [1.82, 2.24) is 20.2 Å². The second-order valence-corrected chi connectivity index (χ2v) is 10.6. The third kappa shape index (κ3) is 8.73. The molecule has 16 heteroatoms. The number of amides is 1. The Morgan fingerprint density at radius 1 is 1.12 bits per heavy atom. The van der Waals surface area contributed by atoms with Crippen molar-refractivity contribution in [2.24, 2.45) is 0 Å². The number of carboxylic acid groups (broad SMARTS) is 1. The summed E-state index contributed by atoms with van der Waals surface area (Å²) in [6.45, 7) is 1.38. The Hall–Kier alpha value is -4.54. The van der Waals surface area contributed by atoms with E-state index in [1.807, 2.05) is 36.2 Å². The van der Waals surface area contributed by atoms with Gasteiger partial charge in [-0.25, -0.2) is 14.8 Å². The SMILES string of the molecule is CN[C@H]1CCN(Cc2ccc3ncnc(N)c3c2)C1=O.COc1ccc2ccc(S(=O)(=O)O)cc2c1.O=C(O)C(F)(F)F. The lowest BCUT2D eigenvalue weighted by Crippen LogP contribution is -2.35. The first-order chi connectivity index (χ1) is 20.1. The van der Waals surface area contributed by atoms with E-state index in [1.165, 1.54) is 25.6 Å². The van der Waals surface area contributed by atoms with Gasteiger partial charge < -0.3 is 25.8 Å². The molecule has 0 bridgehead atoms. The van der Waals surface area contributed by atoms with Crippen molar-refractivity contribution in [3.05, 3.63) is 66.5 Å². The van der Waals surface area contributed by atoms with E-state index in [0.717, 1.165) is 34.8 Å². The number of alkyl halides is 3. The van der Waals surface area contributed by atoms with Crippen molar-refractivity contribution >= 4 is 49.5 Å². The Bertz CT molecular complexity index is 1740. The number of likely N-dealkylation sites (tertiary alicyclic amines) is 1. The number of methoxy groups -OCH3 is 1. The number of rotatable bonds is 5. The molecule has 1 saturated heterocycles. The molecule has 0 radical (unpaired) electrons. The van der Waals surface area contributed by atoms with Crippen LogP contribution in [-0.2, 0) is 26.3 Å². The number of ether oxygens (including phenoxy) is 1. The summed E-state index contributed by atoms with van der Waals surface area (Å²) in [4.78, 5) is 30.9. The monoisotopic (exact) mass is 623 g/mol. The standard InChI is InChI=1S/C14H17N5O.C11H10O4S.C2HF3O2/c1-16-12-4-5-19(14(12)20)7-9-2-3-11-10(6-9)13(15)18-8-17-11;1-15-10-4-2-8-3-5-11(16(12,13)14)7-9(8)6-10;3-2(4,5)1(6)7/h2-3,6,8,12,16H,4-5,7H2,1H3,(H2,15,17,18);2-7H,1H3,(H,12,13,14);(H,6,7)/t12-;;/m0../s1. The minimum absolute atomic E-state index is 0.0520. The average Bonchev–Trinajstić information content (AvgIpc) is 3.31. The second kappa shape index (κ2) is 13.6. The fourth-order valence-corrected chi connectivity index (χ4v) is 4.61. The molecule has 0 spiro atoms. The number of aromatic nitrogens is 2. The molecule has 1 atom stereocenters. The van der Waals surface area contributed by atoms with E-state index in [1.54, 1.807) is 18.2 Å². The number of nitrogens with one attached hydrogen (secondary N) is 1. The largest absolute Gasteiger partial charge is 0.497 e. The number of nitrogens with zero attached hydrogens (tertiary/aromatic N) is 3. The number of hydrogen-bond donors (Lipinski definition) is 4. The molecule has 5 N–H and O–H groups in total. The van der Waals surface area contributed by atoms with Gasteiger partial charge in [-0.2, -0.15) is 21.6 Å². The molecular formula is C27H28F3N5O7S. The molecular weight excluding hydrogens is 595 g/mol. The summed E-state index contributed by atoms with van der Waals surface area (Å²) in [6.07, 6.45) is -2.77. The maximum Gasteiger partial charge on any atom is 0.490 e. The minimum atomic E-state index is -5.08. The molecule has 12 nitrogen and oxygen atoms in total. The Balaban J connectivity index is 0.000000197. The van der Waals surface area contributed by atoms with E-state index < -0.39 is 22.3 Å². The summed E-state index contributed by atoms with van der Waals surface area (Å²) < 4.78 is 67.6. The second-order valence-electron chi connectivity index (χ2n) is 9.15. The van der Waals surface area contributed by atoms with Crippen LogP contribution in [0.2, 0.25) is 0 Å². The van der Waals surface area contributed by atoms with Crippen LogP contribution in [0.5, 0.6) is 5.75 Å². The molecule has 1 aliphatic rings. The first-order valence-electron chi connectivity index (χ1n) is 12.4. The predicted molar refractivity (Wildman–Crippen MR) is 151 cm³/mol. The molecule has 0 aliphatic carbocycles. The van der Waals surface area contributed by atoms with Crippen LogP contribution in [0, 0.1) is 0 Å². The van der Waals surface area contributed by atoms with Gasteiger partial charge in [0.25, 0.3) is 10.1 Å². The molecule has 5 rings (SSSR count). The topological polar surface area (TPSA) is 185 Å². The fourth-order valence-electron chi connectivity index (χ4n) is 4.10. The van der Waals surface area contributed by atoms with Crippen molar-refractivity contribution < 1.29 is 45.6 Å². The summed E-state index contributed by atoms with van der Waals surface area (Å²) >= 11 is 0. The molecule has 43 heavy (non-hydrogen) atoms. The van der Waals surface area contributed by atoms with Gasteiger partial charge in [0.1, 0.15) is 17.9 Å². The Morgan fingerprint density at radius 2 is 1.79 bits per heavy atom. The lowest BCUT2D eigenvalue weighted by molar-refractivity contribution is -0.192. The van der Waals surface area contributed by atoms with Crippen LogP contribution in [0.25, 0.3) is 21.7 Å². The molecule has 0 unspecified atom stereocenters. The molecule has 1 amide bonds. The molecule has 1 fully saturated rings. The number of aliphatic carboxylic acids is 1. The highest BCUT2D eigenvalue weighted by Crippen LogP contribution is 2.24. The summed E-state index contributed by atoms with van der Waals surface area (Å²) in [6, 6.07) is 15.5. The third-order valence-corrected chi connectivity index (χ3v) is 7.16. The molecule has 2 heterocycles. The number of anilines is 1. The summed E-state index contributed by atoms with van der Waals surface area (Å²) in [5.74, 6) is -1.49. The Kier molecular flexibility index (Phi) is 10.4. The van der Waals surface area contributed by atoms with Gasteiger partial charge in [0, 0.05) is 18.5 Å². The van der Waals surface area contributed by atoms with E-state index in [0.29, 0.717) is 23.5 Å². The number of nitrogen functional groups attached to an aromatic ring is 1. The van der Waals surface area contributed by atoms with Gasteiger partial charge in [-0.1, -0.05) is 18.2 Å². The molecule has 1 aliphatic heterocycles. The predicted octanol–water partition coefficient (Wildman–Crippen LogP) is 3.26. The van der Waals surface area contributed by atoms with Crippen LogP contribution < -0.4 is 15.8 Å². The lowest BCUT2D eigenvalue weighted by atomic mass is 10.1. The van der Waals surface area contributed by atoms with Crippen molar-refractivity contribution in [2.45, 2.75) is 30.1 Å². The number of carbonyl (C=O) groups excluding carboxylic acids is 1. The normalized spacial score (nSPS) is 15.0. The average molecular weight is 624 g/mol. The first-order valence-corrected chi connectivity index (χ1v) is 13.9. The van der Waals surface area contributed by atoms with E-state index >= 15 is 0 Å². The van der Waals surface area contributed by atoms with Gasteiger partial charge in [0.15, 0.2) is 0 Å². The zero-order valence-corrected chi connectivity index (χ0v) is 23.7. The van der Waals surface area contributed by atoms with Crippen LogP contribution in [-0.4, -0.2) is 77.7 Å². The van der Waals surface area contributed by atoms with Crippen LogP contribution in [0.3, 0.4) is 0 Å². The Labute approximate surface area is 244 Å². The maximum absolute atomic E-state index is 12.1. The van der Waals surface area contributed by atoms with Gasteiger partial charge in [-0.3, -0.25) is 9.35 Å². The number of hydrogen-bond acceptors (Lipinski definition) is 9. The highest BCUT2D eigenvalue weighted by atomic mass is 32.2. The quantitative estimate of drug-likeness (QED) is 0.239. The van der Waals surface area contributed by atoms with Crippen LogP contribution in [0.15, 0.2) is 65.8 Å². The number of carbonyl (C=O) groups is 2. The highest BCUT2D eigenvalue weighted by molar-refractivity contribution is 7.85. The molecule has 230 valence electrons. The maximum atomic E-state index is 12.1. The van der Waals surface area contributed by atoms with Gasteiger partial charge >= 0.3 is 12.1 Å². The molecule has 0 saturated carbocycles. The Morgan fingerprint density at radius 3 is 2.37 bits per heavy atom. The number of fused-ring (bicyclic) bond motifs is 2. The molecule has 1 aromatic heterocycles. The van der Waals surface area contributed by atoms with E-state index in [9.17, 15) is 26.4 Å². The van der Waals surface area contributed by atoms with Gasteiger partial charge in [0.05, 0.1) is 23.6 Å². The smallest absolute Gasteiger partial charge is 0.490 e. The molecule has 3 aromatic carbocycles. The van der Waals surface area contributed by atoms with Crippen molar-refractivity contribution in [1.29, 1.82) is 0 Å². The van der Waals surface area contributed by atoms with E-state index in [-0.39, 0.29) is 16.8 Å². The summed E-state index contributed by atoms with van der Waals surface area (Å²) in [5, 5.41) is 12.6.